The van der Waals surface area contributed by atoms with Crippen molar-refractivity contribution < 1.29 is 0 Å². The molecule has 1 unspecified atom stereocenters. The van der Waals surface area contributed by atoms with Gasteiger partial charge in [-0.25, -0.2) is 9.67 Å². The van der Waals surface area contributed by atoms with Crippen LogP contribution in [-0.4, -0.2) is 28.4 Å². The molecule has 0 aliphatic rings. The van der Waals surface area contributed by atoms with E-state index in [-0.39, 0.29) is 0 Å². The topological polar surface area (TPSA) is 42.7 Å². The van der Waals surface area contributed by atoms with Crippen LogP contribution < -0.4 is 5.32 Å². The first-order valence-electron chi connectivity index (χ1n) is 5.78. The van der Waals surface area contributed by atoms with Gasteiger partial charge in [0.2, 0.25) is 0 Å². The number of rotatable bonds is 6. The lowest BCUT2D eigenvalue weighted by Crippen LogP contribution is -2.22. The summed E-state index contributed by atoms with van der Waals surface area (Å²) in [4.78, 5) is 4.49. The van der Waals surface area contributed by atoms with Gasteiger partial charge in [0.05, 0.1) is 0 Å². The SMILES string of the molecule is CCc1nc(CC)n(CC(C)CNC)n1. The first-order chi connectivity index (χ1) is 7.21. The van der Waals surface area contributed by atoms with Crippen molar-refractivity contribution in [3.63, 3.8) is 0 Å². The highest BCUT2D eigenvalue weighted by Gasteiger charge is 2.09. The first kappa shape index (κ1) is 12.2. The second-order valence-corrected chi connectivity index (χ2v) is 4.00. The zero-order valence-electron chi connectivity index (χ0n) is 10.2. The Hall–Kier alpha value is -0.900. The van der Waals surface area contributed by atoms with Crippen molar-refractivity contribution in [1.29, 1.82) is 0 Å². The van der Waals surface area contributed by atoms with Gasteiger partial charge in [-0.05, 0) is 19.5 Å². The number of nitrogens with one attached hydrogen (secondary N) is 1. The van der Waals surface area contributed by atoms with E-state index in [2.05, 4.69) is 40.9 Å². The van der Waals surface area contributed by atoms with Gasteiger partial charge in [0.1, 0.15) is 5.82 Å². The molecule has 0 radical (unpaired) electrons. The standard InChI is InChI=1S/C11H22N4/c1-5-10-13-11(6-2)15(14-10)8-9(3)7-12-4/h9,12H,5-8H2,1-4H3. The molecule has 0 aromatic carbocycles. The molecule has 86 valence electrons. The van der Waals surface area contributed by atoms with Gasteiger partial charge in [-0.1, -0.05) is 20.8 Å². The van der Waals surface area contributed by atoms with Gasteiger partial charge in [-0.15, -0.1) is 0 Å². The fraction of sp³-hybridized carbons (Fsp3) is 0.818. The quantitative estimate of drug-likeness (QED) is 0.768. The smallest absolute Gasteiger partial charge is 0.150 e. The molecule has 0 bridgehead atoms. The van der Waals surface area contributed by atoms with Crippen molar-refractivity contribution in [1.82, 2.24) is 20.1 Å². The van der Waals surface area contributed by atoms with E-state index in [1.54, 1.807) is 0 Å². The van der Waals surface area contributed by atoms with Gasteiger partial charge in [0, 0.05) is 19.4 Å². The third kappa shape index (κ3) is 3.30. The van der Waals surface area contributed by atoms with E-state index < -0.39 is 0 Å². The fourth-order valence-corrected chi connectivity index (χ4v) is 1.69. The third-order valence-corrected chi connectivity index (χ3v) is 2.46. The molecular formula is C11H22N4. The van der Waals surface area contributed by atoms with Crippen molar-refractivity contribution >= 4 is 0 Å². The molecule has 0 amide bonds. The van der Waals surface area contributed by atoms with Crippen molar-refractivity contribution in [3.8, 4) is 0 Å². The van der Waals surface area contributed by atoms with Crippen molar-refractivity contribution in [2.45, 2.75) is 40.2 Å². The summed E-state index contributed by atoms with van der Waals surface area (Å²) in [5, 5.41) is 7.68. The number of nitrogens with zero attached hydrogens (tertiary/aromatic N) is 3. The zero-order chi connectivity index (χ0) is 11.3. The van der Waals surface area contributed by atoms with Crippen LogP contribution >= 0.6 is 0 Å². The predicted octanol–water partition coefficient (Wildman–Crippen LogP) is 1.26. The van der Waals surface area contributed by atoms with E-state index >= 15 is 0 Å². The first-order valence-corrected chi connectivity index (χ1v) is 5.78. The molecular weight excluding hydrogens is 188 g/mol. The Balaban J connectivity index is 2.69. The lowest BCUT2D eigenvalue weighted by Gasteiger charge is -2.11. The monoisotopic (exact) mass is 210 g/mol. The number of hydrogen-bond donors (Lipinski definition) is 1. The van der Waals surface area contributed by atoms with Gasteiger partial charge in [0.15, 0.2) is 5.82 Å². The second-order valence-electron chi connectivity index (χ2n) is 4.00. The molecule has 15 heavy (non-hydrogen) atoms. The Bertz CT molecular complexity index is 293. The molecule has 1 N–H and O–H groups in total. The van der Waals surface area contributed by atoms with Crippen LogP contribution in [0.5, 0.6) is 0 Å². The minimum atomic E-state index is 0.590. The summed E-state index contributed by atoms with van der Waals surface area (Å²) in [6.45, 7) is 8.42. The van der Waals surface area contributed by atoms with Crippen molar-refractivity contribution in [3.05, 3.63) is 11.6 Å². The summed E-state index contributed by atoms with van der Waals surface area (Å²) in [7, 11) is 1.98. The Morgan fingerprint density at radius 3 is 2.60 bits per heavy atom. The van der Waals surface area contributed by atoms with Gasteiger partial charge in [-0.2, -0.15) is 5.10 Å². The molecule has 0 aliphatic carbocycles. The summed E-state index contributed by atoms with van der Waals surface area (Å²) >= 11 is 0. The van der Waals surface area contributed by atoms with E-state index in [1.165, 1.54) is 0 Å². The maximum Gasteiger partial charge on any atom is 0.150 e. The van der Waals surface area contributed by atoms with Crippen LogP contribution in [0.25, 0.3) is 0 Å². The van der Waals surface area contributed by atoms with Gasteiger partial charge in [-0.3, -0.25) is 0 Å². The zero-order valence-corrected chi connectivity index (χ0v) is 10.2. The molecule has 1 aromatic heterocycles. The highest BCUT2D eigenvalue weighted by Crippen LogP contribution is 2.05. The van der Waals surface area contributed by atoms with Crippen LogP contribution in [0, 0.1) is 5.92 Å². The molecule has 0 fully saturated rings. The van der Waals surface area contributed by atoms with E-state index in [1.807, 2.05) is 7.05 Å². The van der Waals surface area contributed by atoms with Gasteiger partial charge in [0.25, 0.3) is 0 Å². The van der Waals surface area contributed by atoms with Crippen LogP contribution in [0.1, 0.15) is 32.4 Å². The van der Waals surface area contributed by atoms with Gasteiger partial charge < -0.3 is 5.32 Å². The summed E-state index contributed by atoms with van der Waals surface area (Å²) < 4.78 is 2.06. The highest BCUT2D eigenvalue weighted by molar-refractivity contribution is 4.92. The van der Waals surface area contributed by atoms with E-state index in [9.17, 15) is 0 Å². The molecule has 0 saturated heterocycles. The van der Waals surface area contributed by atoms with Crippen LogP contribution in [0.15, 0.2) is 0 Å². The van der Waals surface area contributed by atoms with Crippen LogP contribution in [-0.2, 0) is 19.4 Å². The fourth-order valence-electron chi connectivity index (χ4n) is 1.69. The molecule has 0 saturated carbocycles. The second kappa shape index (κ2) is 5.85. The largest absolute Gasteiger partial charge is 0.319 e. The average molecular weight is 210 g/mol. The lowest BCUT2D eigenvalue weighted by atomic mass is 10.2. The maximum absolute atomic E-state index is 4.50. The molecule has 1 aromatic rings. The highest BCUT2D eigenvalue weighted by atomic mass is 15.3. The summed E-state index contributed by atoms with van der Waals surface area (Å²) in [6.07, 6.45) is 1.87. The van der Waals surface area contributed by atoms with Crippen molar-refractivity contribution in [2.75, 3.05) is 13.6 Å². The summed E-state index contributed by atoms with van der Waals surface area (Å²) in [5.74, 6) is 2.66. The predicted molar refractivity (Wildman–Crippen MR) is 61.9 cm³/mol. The lowest BCUT2D eigenvalue weighted by molar-refractivity contribution is 0.423. The molecule has 1 rings (SSSR count). The molecule has 1 heterocycles. The van der Waals surface area contributed by atoms with E-state index in [4.69, 9.17) is 0 Å². The molecule has 0 aliphatic heterocycles. The minimum absolute atomic E-state index is 0.590. The average Bonchev–Trinajstić information content (AvgIpc) is 2.60. The van der Waals surface area contributed by atoms with E-state index in [0.717, 1.165) is 37.6 Å². The number of aryl methyl sites for hydroxylation is 2. The molecule has 0 spiro atoms. The Morgan fingerprint density at radius 1 is 1.33 bits per heavy atom. The Labute approximate surface area is 92.1 Å². The van der Waals surface area contributed by atoms with E-state index in [0.29, 0.717) is 5.92 Å². The summed E-state index contributed by atoms with van der Waals surface area (Å²) in [6, 6.07) is 0. The molecule has 4 heteroatoms. The van der Waals surface area contributed by atoms with Crippen LogP contribution in [0.3, 0.4) is 0 Å². The minimum Gasteiger partial charge on any atom is -0.319 e. The Kier molecular flexibility index (Phi) is 4.75. The van der Waals surface area contributed by atoms with Crippen molar-refractivity contribution in [2.24, 2.45) is 5.92 Å². The third-order valence-electron chi connectivity index (χ3n) is 2.46. The number of hydrogen-bond acceptors (Lipinski definition) is 3. The van der Waals surface area contributed by atoms with Crippen LogP contribution in [0.4, 0.5) is 0 Å². The normalized spacial score (nSPS) is 13.1. The summed E-state index contributed by atoms with van der Waals surface area (Å²) in [5.41, 5.74) is 0. The molecule has 1 atom stereocenters. The Morgan fingerprint density at radius 2 is 2.07 bits per heavy atom. The van der Waals surface area contributed by atoms with Gasteiger partial charge >= 0.3 is 0 Å². The van der Waals surface area contributed by atoms with Crippen LogP contribution in [0.2, 0.25) is 0 Å². The molecule has 4 nitrogen and oxygen atoms in total. The number of aromatic nitrogens is 3. The maximum atomic E-state index is 4.50.